The van der Waals surface area contributed by atoms with Gasteiger partial charge >= 0.3 is 78.4 Å². The Hall–Kier alpha value is 0.0800. The number of rotatable bonds is 0. The summed E-state index contributed by atoms with van der Waals surface area (Å²) < 4.78 is 32.1. The Morgan fingerprint density at radius 3 is 2.46 bits per heavy atom. The first-order valence-electron chi connectivity index (χ1n) is 4.23. The van der Waals surface area contributed by atoms with Crippen LogP contribution in [0.4, 0.5) is 0 Å². The van der Waals surface area contributed by atoms with Crippen molar-refractivity contribution in [1.82, 2.24) is 0 Å². The van der Waals surface area contributed by atoms with Crippen LogP contribution in [0.3, 0.4) is 0 Å². The summed E-state index contributed by atoms with van der Waals surface area (Å²) in [6.45, 7) is 0. The van der Waals surface area contributed by atoms with Crippen LogP contribution in [0.25, 0.3) is 0 Å². The van der Waals surface area contributed by atoms with E-state index in [4.69, 9.17) is 0 Å². The Balaban J connectivity index is 2.33. The second-order valence-electron chi connectivity index (χ2n) is 3.62. The summed E-state index contributed by atoms with van der Waals surface area (Å²) in [5, 5.41) is 0. The fraction of sp³-hybridized carbons (Fsp3) is 0.857. The quantitative estimate of drug-likeness (QED) is 0.443. The van der Waals surface area contributed by atoms with E-state index < -0.39 is 34.5 Å². The first kappa shape index (κ1) is 9.63. The average Bonchev–Trinajstić information content (AvgIpc) is 2.20. The molecular formula is C7H13IO5. The van der Waals surface area contributed by atoms with Crippen LogP contribution in [-0.2, 0) is 7.86 Å². The van der Waals surface area contributed by atoms with Gasteiger partial charge in [0.1, 0.15) is 0 Å². The van der Waals surface area contributed by atoms with Crippen LogP contribution in [0.5, 0.6) is 0 Å². The predicted octanol–water partition coefficient (Wildman–Crippen LogP) is 0.317. The molecule has 2 fully saturated rings. The normalized spacial score (nSPS) is 44.2. The summed E-state index contributed by atoms with van der Waals surface area (Å²) in [7, 11) is 0. The van der Waals surface area contributed by atoms with Crippen LogP contribution >= 0.6 is 18.7 Å². The zero-order valence-corrected chi connectivity index (χ0v) is 9.18. The molecule has 1 saturated heterocycles. The van der Waals surface area contributed by atoms with Gasteiger partial charge in [-0.1, -0.05) is 0 Å². The number of hydrogen-bond acceptors (Lipinski definition) is 5. The Kier molecular flexibility index (Phi) is 1.89. The molecule has 5 nitrogen and oxygen atoms in total. The molecular weight excluding hydrogens is 291 g/mol. The van der Waals surface area contributed by atoms with Gasteiger partial charge < -0.3 is 0 Å². The number of carbonyl (C=O) groups excluding carboxylic acids is 1. The van der Waals surface area contributed by atoms with Crippen molar-refractivity contribution in [1.29, 1.82) is 0 Å². The van der Waals surface area contributed by atoms with E-state index >= 15 is 0 Å². The Bertz CT molecular complexity index is 255. The first-order chi connectivity index (χ1) is 5.88. The molecule has 0 aromatic heterocycles. The van der Waals surface area contributed by atoms with Crippen molar-refractivity contribution in [3.05, 3.63) is 0 Å². The third-order valence-corrected chi connectivity index (χ3v) is 8.27. The second kappa shape index (κ2) is 2.56. The monoisotopic (exact) mass is 304 g/mol. The summed E-state index contributed by atoms with van der Waals surface area (Å²) in [4.78, 5) is 11.2. The molecule has 1 heterocycles. The van der Waals surface area contributed by atoms with E-state index in [9.17, 15) is 15.1 Å². The minimum atomic E-state index is -5.70. The fourth-order valence-electron chi connectivity index (χ4n) is 2.07. The van der Waals surface area contributed by atoms with Crippen molar-refractivity contribution in [2.75, 3.05) is 0 Å². The Labute approximate surface area is 78.5 Å². The second-order valence-corrected chi connectivity index (χ2v) is 10.3. The summed E-state index contributed by atoms with van der Waals surface area (Å²) in [6, 6.07) is 0. The van der Waals surface area contributed by atoms with Crippen molar-refractivity contribution in [2.24, 2.45) is 5.92 Å². The van der Waals surface area contributed by atoms with Gasteiger partial charge in [0, 0.05) is 0 Å². The maximum atomic E-state index is 11.2. The van der Waals surface area contributed by atoms with Gasteiger partial charge in [0.25, 0.3) is 0 Å². The number of hydrogen-bond donors (Lipinski definition) is 3. The minimum absolute atomic E-state index is 0.481. The zero-order valence-electron chi connectivity index (χ0n) is 7.02. The average molecular weight is 304 g/mol. The van der Waals surface area contributed by atoms with Crippen molar-refractivity contribution in [3.63, 3.8) is 0 Å². The third kappa shape index (κ3) is 1.45. The molecule has 6 heteroatoms. The number of fused-ring (bicyclic) bond motifs is 1. The van der Waals surface area contributed by atoms with Gasteiger partial charge in [0.15, 0.2) is 0 Å². The SMILES string of the molecule is O=C1OI(O)(O)(O)C2CCCCC12. The van der Waals surface area contributed by atoms with Gasteiger partial charge in [-0.25, -0.2) is 0 Å². The van der Waals surface area contributed by atoms with E-state index in [2.05, 4.69) is 3.07 Å². The van der Waals surface area contributed by atoms with Crippen LogP contribution < -0.4 is 0 Å². The molecule has 1 aliphatic heterocycles. The molecule has 0 aromatic carbocycles. The van der Waals surface area contributed by atoms with Crippen LogP contribution in [0.1, 0.15) is 25.7 Å². The van der Waals surface area contributed by atoms with Gasteiger partial charge in [-0.05, 0) is 0 Å². The number of carbonyl (C=O) groups is 1. The number of alkyl halides is 1. The van der Waals surface area contributed by atoms with Gasteiger partial charge in [-0.15, -0.1) is 0 Å². The molecule has 0 spiro atoms. The van der Waals surface area contributed by atoms with Crippen LogP contribution in [-0.4, -0.2) is 20.2 Å². The van der Waals surface area contributed by atoms with Crippen molar-refractivity contribution in [2.45, 2.75) is 29.6 Å². The Morgan fingerprint density at radius 2 is 1.85 bits per heavy atom. The summed E-state index contributed by atoms with van der Waals surface area (Å²) >= 11 is -5.70. The van der Waals surface area contributed by atoms with Gasteiger partial charge in [-0.3, -0.25) is 0 Å². The molecule has 1 aliphatic carbocycles. The Morgan fingerprint density at radius 1 is 1.23 bits per heavy atom. The molecule has 0 bridgehead atoms. The van der Waals surface area contributed by atoms with Crippen molar-refractivity contribution >= 4 is 24.7 Å². The zero-order chi connectivity index (χ0) is 9.71. The number of halogens is 1. The van der Waals surface area contributed by atoms with Crippen LogP contribution in [0.2, 0.25) is 0 Å². The summed E-state index contributed by atoms with van der Waals surface area (Å²) in [5.41, 5.74) is 0. The van der Waals surface area contributed by atoms with Crippen LogP contribution in [0.15, 0.2) is 0 Å². The van der Waals surface area contributed by atoms with Crippen molar-refractivity contribution in [3.8, 4) is 0 Å². The van der Waals surface area contributed by atoms with Gasteiger partial charge in [0.05, 0.1) is 0 Å². The fourth-order valence-corrected chi connectivity index (χ4v) is 7.26. The van der Waals surface area contributed by atoms with E-state index in [1.807, 2.05) is 0 Å². The van der Waals surface area contributed by atoms with E-state index in [1.165, 1.54) is 0 Å². The summed E-state index contributed by atoms with van der Waals surface area (Å²) in [5.74, 6) is -1.12. The molecule has 2 rings (SSSR count). The van der Waals surface area contributed by atoms with Crippen LogP contribution in [0, 0.1) is 5.92 Å². The molecule has 78 valence electrons. The predicted molar refractivity (Wildman–Crippen MR) is 52.5 cm³/mol. The van der Waals surface area contributed by atoms with E-state index in [1.54, 1.807) is 0 Å². The van der Waals surface area contributed by atoms with E-state index in [0.717, 1.165) is 12.8 Å². The topological polar surface area (TPSA) is 87.0 Å². The molecule has 0 radical (unpaired) electrons. The molecule has 3 N–H and O–H groups in total. The standard InChI is InChI=1S/C7H13IO5/c9-7-5-3-1-2-4-6(5)8(10,11,12)13-7/h5-6,10-12H,1-4H2. The molecule has 0 aromatic rings. The van der Waals surface area contributed by atoms with E-state index in [0.29, 0.717) is 12.8 Å². The molecule has 13 heavy (non-hydrogen) atoms. The maximum absolute atomic E-state index is 11.2. The van der Waals surface area contributed by atoms with Gasteiger partial charge in [0.2, 0.25) is 0 Å². The van der Waals surface area contributed by atoms with Crippen molar-refractivity contribution < 1.29 is 18.2 Å². The van der Waals surface area contributed by atoms with E-state index in [-0.39, 0.29) is 0 Å². The molecule has 1 saturated carbocycles. The third-order valence-electron chi connectivity index (χ3n) is 2.70. The molecule has 0 amide bonds. The summed E-state index contributed by atoms with van der Waals surface area (Å²) in [6.07, 6.45) is 2.78. The molecule has 2 atom stereocenters. The molecule has 2 unspecified atom stereocenters. The molecule has 2 aliphatic rings. The first-order valence-corrected chi connectivity index (χ1v) is 9.25. The van der Waals surface area contributed by atoms with Gasteiger partial charge in [-0.2, -0.15) is 0 Å².